The Labute approximate surface area is 178 Å². The molecule has 0 aliphatic carbocycles. The Hall–Kier alpha value is -1.67. The Bertz CT molecular complexity index is 670. The lowest BCUT2D eigenvalue weighted by molar-refractivity contribution is -0.155. The number of hydrogen-bond acceptors (Lipinski definition) is 6. The van der Waals surface area contributed by atoms with Gasteiger partial charge in [0.15, 0.2) is 0 Å². The number of nitrogens with zero attached hydrogens (tertiary/aromatic N) is 1. The highest BCUT2D eigenvalue weighted by Gasteiger charge is 2.75. The quantitative estimate of drug-likeness (QED) is 0.404. The van der Waals surface area contributed by atoms with Crippen LogP contribution in [0.25, 0.3) is 0 Å². The molecule has 2 unspecified atom stereocenters. The largest absolute Gasteiger partial charge is 0.466 e. The van der Waals surface area contributed by atoms with Crippen molar-refractivity contribution < 1.29 is 29.0 Å². The van der Waals surface area contributed by atoms with Crippen LogP contribution in [0.1, 0.15) is 59.8 Å². The smallest absolute Gasteiger partial charge is 0.312 e. The minimum atomic E-state index is -1.03. The topological polar surface area (TPSA) is 105 Å². The van der Waals surface area contributed by atoms with Crippen molar-refractivity contribution >= 4 is 17.8 Å². The molecule has 8 nitrogen and oxygen atoms in total. The van der Waals surface area contributed by atoms with Gasteiger partial charge in [-0.25, -0.2) is 0 Å². The van der Waals surface area contributed by atoms with Crippen molar-refractivity contribution in [1.82, 2.24) is 10.2 Å². The van der Waals surface area contributed by atoms with Crippen LogP contribution in [0.2, 0.25) is 0 Å². The number of carbonyl (C=O) groups excluding carboxylic acids is 3. The maximum Gasteiger partial charge on any atom is 0.312 e. The molecule has 3 saturated heterocycles. The number of rotatable bonds is 10. The van der Waals surface area contributed by atoms with E-state index in [9.17, 15) is 19.5 Å². The van der Waals surface area contributed by atoms with E-state index in [4.69, 9.17) is 9.47 Å². The lowest BCUT2D eigenvalue weighted by Gasteiger charge is -2.38. The predicted octanol–water partition coefficient (Wildman–Crippen LogP) is 1.25. The molecular formula is C22H36N2O6. The lowest BCUT2D eigenvalue weighted by atomic mass is 9.70. The molecule has 0 saturated carbocycles. The number of hydrogen-bond donors (Lipinski definition) is 2. The van der Waals surface area contributed by atoms with Crippen LogP contribution in [0.15, 0.2) is 0 Å². The van der Waals surface area contributed by atoms with Crippen molar-refractivity contribution in [2.45, 2.75) is 83.6 Å². The second-order valence-electron chi connectivity index (χ2n) is 8.83. The Morgan fingerprint density at radius 2 is 2.10 bits per heavy atom. The zero-order chi connectivity index (χ0) is 22.1. The van der Waals surface area contributed by atoms with Gasteiger partial charge in [0, 0.05) is 6.54 Å². The van der Waals surface area contributed by atoms with Crippen LogP contribution in [0, 0.1) is 17.8 Å². The molecule has 170 valence electrons. The Kier molecular flexibility index (Phi) is 7.07. The van der Waals surface area contributed by atoms with E-state index < -0.39 is 41.6 Å². The van der Waals surface area contributed by atoms with Crippen LogP contribution in [0.4, 0.5) is 0 Å². The van der Waals surface area contributed by atoms with Gasteiger partial charge in [-0.2, -0.15) is 0 Å². The molecule has 3 rings (SSSR count). The first-order valence-corrected chi connectivity index (χ1v) is 11.4. The van der Waals surface area contributed by atoms with E-state index in [0.29, 0.717) is 19.4 Å². The van der Waals surface area contributed by atoms with Crippen LogP contribution in [0.3, 0.4) is 0 Å². The van der Waals surface area contributed by atoms with Crippen molar-refractivity contribution in [2.24, 2.45) is 17.8 Å². The molecule has 1 spiro atoms. The highest BCUT2D eigenvalue weighted by molar-refractivity contribution is 5.98. The van der Waals surface area contributed by atoms with Crippen molar-refractivity contribution in [3.63, 3.8) is 0 Å². The zero-order valence-corrected chi connectivity index (χ0v) is 18.6. The SMILES string of the molecule is CCCCNC(=O)C1N([C@@H](CO)[C@@H](C)CC)C(=O)[C@@H]2[C@H](C(=O)OCC)[C@@H]3CCC12O3. The number of amides is 2. The number of fused-ring (bicyclic) bond motifs is 1. The first-order valence-electron chi connectivity index (χ1n) is 11.4. The fraction of sp³-hybridized carbons (Fsp3) is 0.864. The van der Waals surface area contributed by atoms with E-state index in [0.717, 1.165) is 19.3 Å². The maximum atomic E-state index is 13.7. The third-order valence-electron chi connectivity index (χ3n) is 7.22. The van der Waals surface area contributed by atoms with E-state index in [-0.39, 0.29) is 30.9 Å². The van der Waals surface area contributed by atoms with Crippen LogP contribution < -0.4 is 5.32 Å². The van der Waals surface area contributed by atoms with Gasteiger partial charge < -0.3 is 24.8 Å². The Morgan fingerprint density at radius 1 is 1.37 bits per heavy atom. The molecule has 0 radical (unpaired) electrons. The number of aliphatic hydroxyl groups is 1. The second kappa shape index (κ2) is 9.22. The van der Waals surface area contributed by atoms with Gasteiger partial charge in [0.25, 0.3) is 0 Å². The standard InChI is InChI=1S/C22H36N2O6/c1-5-8-11-23-19(26)18-22-10-9-15(30-22)16(21(28)29-7-3)17(22)20(27)24(18)14(12-25)13(4)6-2/h13-18,25H,5-12H2,1-4H3,(H,23,26)/t13-,14-,15-,16+,17-,18?,22?/m0/s1. The van der Waals surface area contributed by atoms with E-state index in [1.165, 1.54) is 4.90 Å². The molecule has 2 N–H and O–H groups in total. The summed E-state index contributed by atoms with van der Waals surface area (Å²) in [6, 6.07) is -1.35. The van der Waals surface area contributed by atoms with Gasteiger partial charge in [-0.1, -0.05) is 33.6 Å². The molecule has 2 amide bonds. The number of ether oxygens (including phenoxy) is 2. The summed E-state index contributed by atoms with van der Waals surface area (Å²) in [4.78, 5) is 41.3. The first kappa shape index (κ1) is 23.0. The normalized spacial score (nSPS) is 34.0. The lowest BCUT2D eigenvalue weighted by Crippen LogP contribution is -2.59. The molecule has 3 aliphatic heterocycles. The molecule has 7 atom stereocenters. The number of aliphatic hydroxyl groups excluding tert-OH is 1. The van der Waals surface area contributed by atoms with Crippen LogP contribution >= 0.6 is 0 Å². The van der Waals surface area contributed by atoms with Gasteiger partial charge in [-0.15, -0.1) is 0 Å². The van der Waals surface area contributed by atoms with Crippen molar-refractivity contribution in [1.29, 1.82) is 0 Å². The van der Waals surface area contributed by atoms with Crippen molar-refractivity contribution in [3.05, 3.63) is 0 Å². The average molecular weight is 425 g/mol. The van der Waals surface area contributed by atoms with E-state index in [2.05, 4.69) is 5.32 Å². The summed E-state index contributed by atoms with van der Waals surface area (Å²) < 4.78 is 11.6. The van der Waals surface area contributed by atoms with Gasteiger partial charge in [0.1, 0.15) is 11.6 Å². The molecule has 3 fully saturated rings. The third-order valence-corrected chi connectivity index (χ3v) is 7.22. The molecule has 8 heteroatoms. The van der Waals surface area contributed by atoms with Crippen LogP contribution in [-0.4, -0.2) is 71.3 Å². The van der Waals surface area contributed by atoms with Crippen molar-refractivity contribution in [3.8, 4) is 0 Å². The van der Waals surface area contributed by atoms with E-state index in [1.807, 2.05) is 20.8 Å². The predicted molar refractivity (Wildman–Crippen MR) is 109 cm³/mol. The number of esters is 1. The van der Waals surface area contributed by atoms with Gasteiger partial charge >= 0.3 is 5.97 Å². The summed E-state index contributed by atoms with van der Waals surface area (Å²) in [5.74, 6) is -2.40. The number of carbonyl (C=O) groups is 3. The molecule has 3 heterocycles. The summed E-state index contributed by atoms with van der Waals surface area (Å²) >= 11 is 0. The molecule has 3 aliphatic rings. The molecule has 0 aromatic carbocycles. The van der Waals surface area contributed by atoms with Crippen LogP contribution in [0.5, 0.6) is 0 Å². The molecule has 2 bridgehead atoms. The summed E-state index contributed by atoms with van der Waals surface area (Å²) in [6.07, 6.45) is 3.30. The highest BCUT2D eigenvalue weighted by atomic mass is 16.6. The highest BCUT2D eigenvalue weighted by Crippen LogP contribution is 2.59. The summed E-state index contributed by atoms with van der Waals surface area (Å²) in [5, 5.41) is 13.1. The number of nitrogens with one attached hydrogen (secondary N) is 1. The average Bonchev–Trinajstić information content (AvgIpc) is 3.36. The fourth-order valence-electron chi connectivity index (χ4n) is 5.55. The van der Waals surface area contributed by atoms with E-state index in [1.54, 1.807) is 6.92 Å². The third kappa shape index (κ3) is 3.51. The fourth-order valence-corrected chi connectivity index (χ4v) is 5.55. The van der Waals surface area contributed by atoms with Gasteiger partial charge in [-0.3, -0.25) is 14.4 Å². The number of unbranched alkanes of at least 4 members (excludes halogenated alkanes) is 1. The second-order valence-corrected chi connectivity index (χ2v) is 8.83. The zero-order valence-electron chi connectivity index (χ0n) is 18.6. The molecule has 0 aromatic heterocycles. The van der Waals surface area contributed by atoms with E-state index >= 15 is 0 Å². The monoisotopic (exact) mass is 424 g/mol. The van der Waals surface area contributed by atoms with Gasteiger partial charge in [0.05, 0.1) is 37.2 Å². The minimum Gasteiger partial charge on any atom is -0.466 e. The Morgan fingerprint density at radius 3 is 2.70 bits per heavy atom. The minimum absolute atomic E-state index is 0.00152. The summed E-state index contributed by atoms with van der Waals surface area (Å²) in [5.41, 5.74) is -1.03. The molecular weight excluding hydrogens is 388 g/mol. The van der Waals surface area contributed by atoms with Gasteiger partial charge in [-0.05, 0) is 32.1 Å². The summed E-state index contributed by atoms with van der Waals surface area (Å²) in [6.45, 7) is 8.25. The van der Waals surface area contributed by atoms with Gasteiger partial charge in [0.2, 0.25) is 11.8 Å². The van der Waals surface area contributed by atoms with Crippen LogP contribution in [-0.2, 0) is 23.9 Å². The molecule has 30 heavy (non-hydrogen) atoms. The van der Waals surface area contributed by atoms with Crippen molar-refractivity contribution in [2.75, 3.05) is 19.8 Å². The molecule has 0 aromatic rings. The number of likely N-dealkylation sites (tertiary alicyclic amines) is 1. The summed E-state index contributed by atoms with van der Waals surface area (Å²) in [7, 11) is 0. The maximum absolute atomic E-state index is 13.7. The first-order chi connectivity index (χ1) is 14.4. The Balaban J connectivity index is 2.01.